The van der Waals surface area contributed by atoms with Gasteiger partial charge in [0.05, 0.1) is 6.61 Å². The molecule has 40 heavy (non-hydrogen) atoms. The van der Waals surface area contributed by atoms with Gasteiger partial charge in [0.25, 0.3) is 0 Å². The molecule has 5 rings (SSSR count). The van der Waals surface area contributed by atoms with Gasteiger partial charge in [0, 0.05) is 70.9 Å². The van der Waals surface area contributed by atoms with Crippen molar-refractivity contribution in [3.63, 3.8) is 0 Å². The average Bonchev–Trinajstić information content (AvgIpc) is 3.43. The van der Waals surface area contributed by atoms with E-state index >= 15 is 0 Å². The van der Waals surface area contributed by atoms with E-state index in [9.17, 15) is 4.79 Å². The number of aryl methyl sites for hydroxylation is 1. The van der Waals surface area contributed by atoms with Crippen LogP contribution in [0.15, 0.2) is 60.8 Å². The van der Waals surface area contributed by atoms with E-state index in [0.717, 1.165) is 90.0 Å². The lowest BCUT2D eigenvalue weighted by Gasteiger charge is -2.33. The molecule has 0 saturated carbocycles. The summed E-state index contributed by atoms with van der Waals surface area (Å²) in [6.07, 6.45) is 6.20. The smallest absolute Gasteiger partial charge is 0.358 e. The minimum atomic E-state index is -1.19. The summed E-state index contributed by atoms with van der Waals surface area (Å²) in [6.45, 7) is 14.0. The fraction of sp³-hybridized carbons (Fsp3) is 0.412. The van der Waals surface area contributed by atoms with Gasteiger partial charge in [0.15, 0.2) is 11.3 Å². The van der Waals surface area contributed by atoms with Crippen molar-refractivity contribution in [1.29, 1.82) is 0 Å². The number of unbranched alkanes of at least 4 members (excludes halogenated alkanes) is 2. The SMILES string of the molecule is CCCCN(CCCC)c1ccc(C2(c3c(C)n(CC)c4ccccc34)OC(=O)c3ncccc32)c(OCC)c1. The van der Waals surface area contributed by atoms with Crippen LogP contribution in [0, 0.1) is 6.92 Å². The first kappa shape index (κ1) is 27.8. The fourth-order valence-electron chi connectivity index (χ4n) is 6.24. The number of ether oxygens (including phenoxy) is 2. The topological polar surface area (TPSA) is 56.6 Å². The first-order valence-electron chi connectivity index (χ1n) is 14.8. The minimum Gasteiger partial charge on any atom is -0.493 e. The van der Waals surface area contributed by atoms with Crippen molar-refractivity contribution < 1.29 is 14.3 Å². The molecule has 4 aromatic rings. The standard InChI is InChI=1S/C34H41N3O3/c1-6-10-21-36(22-11-7-2)25-18-19-27(30(23-25)39-9-4)34(28-16-14-20-35-32(28)33(38)40-34)31-24(5)37(8-3)29-17-13-12-15-26(29)31/h12-20,23H,6-11,21-22H2,1-5H3. The molecule has 6 nitrogen and oxygen atoms in total. The third kappa shape index (κ3) is 4.53. The number of hydrogen-bond acceptors (Lipinski definition) is 5. The molecular weight excluding hydrogens is 498 g/mol. The molecule has 0 bridgehead atoms. The van der Waals surface area contributed by atoms with Crippen LogP contribution in [-0.2, 0) is 16.9 Å². The van der Waals surface area contributed by atoms with Gasteiger partial charge in [-0.1, -0.05) is 51.0 Å². The van der Waals surface area contributed by atoms with E-state index in [1.54, 1.807) is 6.20 Å². The molecule has 0 aliphatic carbocycles. The quantitative estimate of drug-likeness (QED) is 0.173. The van der Waals surface area contributed by atoms with Crippen LogP contribution in [-0.4, -0.2) is 35.2 Å². The van der Waals surface area contributed by atoms with Crippen LogP contribution < -0.4 is 9.64 Å². The van der Waals surface area contributed by atoms with Gasteiger partial charge < -0.3 is 18.9 Å². The summed E-state index contributed by atoms with van der Waals surface area (Å²) in [7, 11) is 0. The highest BCUT2D eigenvalue weighted by Crippen LogP contribution is 2.53. The summed E-state index contributed by atoms with van der Waals surface area (Å²) < 4.78 is 15.2. The van der Waals surface area contributed by atoms with E-state index < -0.39 is 11.6 Å². The number of carbonyl (C=O) groups is 1. The highest BCUT2D eigenvalue weighted by Gasteiger charge is 2.53. The molecule has 0 amide bonds. The molecule has 0 fully saturated rings. The zero-order valence-electron chi connectivity index (χ0n) is 24.5. The third-order valence-electron chi connectivity index (χ3n) is 8.10. The van der Waals surface area contributed by atoms with Gasteiger partial charge in [-0.05, 0) is 57.9 Å². The van der Waals surface area contributed by atoms with Crippen molar-refractivity contribution in [3.8, 4) is 5.75 Å². The predicted octanol–water partition coefficient (Wildman–Crippen LogP) is 7.63. The summed E-state index contributed by atoms with van der Waals surface area (Å²) in [5, 5.41) is 1.06. The molecule has 6 heteroatoms. The van der Waals surface area contributed by atoms with Crippen molar-refractivity contribution in [2.45, 2.75) is 72.4 Å². The molecule has 1 aliphatic heterocycles. The Balaban J connectivity index is 1.80. The Hall–Kier alpha value is -3.80. The monoisotopic (exact) mass is 539 g/mol. The van der Waals surface area contributed by atoms with Gasteiger partial charge in [0.1, 0.15) is 5.75 Å². The molecular formula is C34H41N3O3. The van der Waals surface area contributed by atoms with E-state index in [0.29, 0.717) is 12.3 Å². The summed E-state index contributed by atoms with van der Waals surface area (Å²) in [6, 6.07) is 18.6. The second-order valence-corrected chi connectivity index (χ2v) is 10.5. The number of rotatable bonds is 12. The Bertz CT molecular complexity index is 1500. The van der Waals surface area contributed by atoms with Crippen LogP contribution in [0.4, 0.5) is 5.69 Å². The van der Waals surface area contributed by atoms with E-state index in [1.807, 2.05) is 25.1 Å². The van der Waals surface area contributed by atoms with Crippen molar-refractivity contribution in [2.24, 2.45) is 0 Å². The van der Waals surface area contributed by atoms with Crippen LogP contribution >= 0.6 is 0 Å². The Kier molecular flexibility index (Phi) is 8.15. The van der Waals surface area contributed by atoms with E-state index in [4.69, 9.17) is 9.47 Å². The summed E-state index contributed by atoms with van der Waals surface area (Å²) in [5.74, 6) is 0.317. The number of pyridine rings is 1. The maximum Gasteiger partial charge on any atom is 0.358 e. The van der Waals surface area contributed by atoms with Gasteiger partial charge >= 0.3 is 5.97 Å². The molecule has 0 saturated heterocycles. The lowest BCUT2D eigenvalue weighted by Crippen LogP contribution is -2.32. The number of aromatic nitrogens is 2. The Morgan fingerprint density at radius 3 is 2.40 bits per heavy atom. The van der Waals surface area contributed by atoms with Crippen molar-refractivity contribution in [3.05, 3.63) is 88.9 Å². The Morgan fingerprint density at radius 1 is 0.950 bits per heavy atom. The van der Waals surface area contributed by atoms with Gasteiger partial charge in [-0.15, -0.1) is 0 Å². The van der Waals surface area contributed by atoms with Crippen LogP contribution in [0.3, 0.4) is 0 Å². The maximum absolute atomic E-state index is 13.5. The number of benzene rings is 2. The summed E-state index contributed by atoms with van der Waals surface area (Å²) >= 11 is 0. The van der Waals surface area contributed by atoms with Crippen molar-refractivity contribution in [1.82, 2.24) is 9.55 Å². The lowest BCUT2D eigenvalue weighted by molar-refractivity contribution is 0.0243. The van der Waals surface area contributed by atoms with E-state index in [-0.39, 0.29) is 0 Å². The van der Waals surface area contributed by atoms with Gasteiger partial charge in [-0.25, -0.2) is 9.78 Å². The normalized spacial score (nSPS) is 16.3. The highest BCUT2D eigenvalue weighted by atomic mass is 16.6. The predicted molar refractivity (Wildman–Crippen MR) is 162 cm³/mol. The van der Waals surface area contributed by atoms with Crippen LogP contribution in [0.1, 0.15) is 86.3 Å². The van der Waals surface area contributed by atoms with Crippen LogP contribution in [0.25, 0.3) is 10.9 Å². The average molecular weight is 540 g/mol. The first-order chi connectivity index (χ1) is 19.5. The van der Waals surface area contributed by atoms with Crippen LogP contribution in [0.5, 0.6) is 5.75 Å². The summed E-state index contributed by atoms with van der Waals surface area (Å²) in [4.78, 5) is 20.4. The fourth-order valence-corrected chi connectivity index (χ4v) is 6.24. The van der Waals surface area contributed by atoms with Gasteiger partial charge in [0.2, 0.25) is 0 Å². The number of para-hydroxylation sites is 1. The van der Waals surface area contributed by atoms with E-state index in [1.165, 1.54) is 0 Å². The molecule has 0 radical (unpaired) electrons. The molecule has 1 atom stereocenters. The Morgan fingerprint density at radius 2 is 1.70 bits per heavy atom. The zero-order valence-corrected chi connectivity index (χ0v) is 24.5. The largest absolute Gasteiger partial charge is 0.493 e. The van der Waals surface area contributed by atoms with Gasteiger partial charge in [-0.2, -0.15) is 0 Å². The molecule has 0 spiro atoms. The maximum atomic E-state index is 13.5. The summed E-state index contributed by atoms with van der Waals surface area (Å²) in [5.41, 5.74) is 5.02. The molecule has 2 aromatic carbocycles. The first-order valence-corrected chi connectivity index (χ1v) is 14.8. The minimum absolute atomic E-state index is 0.356. The third-order valence-corrected chi connectivity index (χ3v) is 8.10. The number of esters is 1. The van der Waals surface area contributed by atoms with Crippen LogP contribution in [0.2, 0.25) is 0 Å². The van der Waals surface area contributed by atoms with Gasteiger partial charge in [-0.3, -0.25) is 0 Å². The molecule has 2 aromatic heterocycles. The van der Waals surface area contributed by atoms with Crippen molar-refractivity contribution in [2.75, 3.05) is 24.6 Å². The number of cyclic esters (lactones) is 1. The van der Waals surface area contributed by atoms with Crippen molar-refractivity contribution >= 4 is 22.6 Å². The number of anilines is 1. The number of hydrogen-bond donors (Lipinski definition) is 0. The second-order valence-electron chi connectivity index (χ2n) is 10.5. The Labute approximate surface area is 237 Å². The molecule has 0 N–H and O–H groups in total. The number of nitrogens with zero attached hydrogens (tertiary/aromatic N) is 3. The molecule has 1 unspecified atom stereocenters. The zero-order chi connectivity index (χ0) is 28.3. The lowest BCUT2D eigenvalue weighted by atomic mass is 9.78. The molecule has 3 heterocycles. The number of carbonyl (C=O) groups excluding carboxylic acids is 1. The second kappa shape index (κ2) is 11.7. The van der Waals surface area contributed by atoms with E-state index in [2.05, 4.69) is 78.5 Å². The molecule has 210 valence electrons. The molecule has 1 aliphatic rings. The number of fused-ring (bicyclic) bond motifs is 2. The highest BCUT2D eigenvalue weighted by molar-refractivity contribution is 5.97.